The van der Waals surface area contributed by atoms with Gasteiger partial charge in [-0.25, -0.2) is 8.42 Å². The second kappa shape index (κ2) is 7.79. The van der Waals surface area contributed by atoms with Crippen LogP contribution in [0.1, 0.15) is 5.56 Å². The minimum absolute atomic E-state index is 0.0318. The average molecular weight is 481 g/mol. The van der Waals surface area contributed by atoms with Crippen LogP contribution in [0.3, 0.4) is 0 Å². The molecule has 154 valence electrons. The molecule has 0 aliphatic carbocycles. The predicted octanol–water partition coefficient (Wildman–Crippen LogP) is 5.94. The van der Waals surface area contributed by atoms with Crippen molar-refractivity contribution in [3.63, 3.8) is 0 Å². The molecule has 0 saturated heterocycles. The van der Waals surface area contributed by atoms with Crippen LogP contribution in [0.2, 0.25) is 10.0 Å². The van der Waals surface area contributed by atoms with Crippen molar-refractivity contribution in [2.24, 2.45) is 0 Å². The first-order valence-corrected chi connectivity index (χ1v) is 11.4. The van der Waals surface area contributed by atoms with E-state index in [1.54, 1.807) is 24.5 Å². The number of sulfone groups is 1. The zero-order chi connectivity index (χ0) is 21.6. The maximum Gasteiger partial charge on any atom is 0.416 e. The zero-order valence-electron chi connectivity index (χ0n) is 14.7. The van der Waals surface area contributed by atoms with E-state index in [4.69, 9.17) is 28.9 Å². The molecule has 1 aromatic heterocycles. The number of aromatic nitrogens is 1. The van der Waals surface area contributed by atoms with Crippen molar-refractivity contribution in [1.82, 2.24) is 4.57 Å². The molecule has 2 aromatic carbocycles. The van der Waals surface area contributed by atoms with Crippen molar-refractivity contribution >= 4 is 50.6 Å². The summed E-state index contributed by atoms with van der Waals surface area (Å²) in [6.07, 6.45) is -1.60. The van der Waals surface area contributed by atoms with Crippen molar-refractivity contribution < 1.29 is 21.6 Å². The zero-order valence-corrected chi connectivity index (χ0v) is 17.8. The maximum absolute atomic E-state index is 13.1. The van der Waals surface area contributed by atoms with Crippen LogP contribution in [0.15, 0.2) is 63.3 Å². The molecule has 0 unspecified atom stereocenters. The van der Waals surface area contributed by atoms with Crippen LogP contribution in [0.4, 0.5) is 19.0 Å². The minimum Gasteiger partial charge on any atom is -0.384 e. The standard InChI is InChI=1S/C18H13Cl2F3N2O2S2/c1-28-14-9-25(15-12(19)7-10(8-13(15)20)18(21,22)23)17(24)16(14)29(26,27)11-5-3-2-4-6-11/h2-9H,24H2,1H3. The van der Waals surface area contributed by atoms with Gasteiger partial charge in [0.25, 0.3) is 0 Å². The monoisotopic (exact) mass is 480 g/mol. The summed E-state index contributed by atoms with van der Waals surface area (Å²) in [5.41, 5.74) is 5.07. The highest BCUT2D eigenvalue weighted by atomic mass is 35.5. The molecule has 0 fully saturated rings. The second-order valence-corrected chi connectivity index (χ2v) is 9.43. The Morgan fingerprint density at radius 2 is 1.62 bits per heavy atom. The Labute approximate surface area is 179 Å². The largest absolute Gasteiger partial charge is 0.416 e. The molecule has 0 aliphatic heterocycles. The van der Waals surface area contributed by atoms with E-state index in [1.807, 2.05) is 0 Å². The number of nitrogens with two attached hydrogens (primary N) is 1. The lowest BCUT2D eigenvalue weighted by atomic mass is 10.2. The van der Waals surface area contributed by atoms with Gasteiger partial charge in [0, 0.05) is 11.1 Å². The van der Waals surface area contributed by atoms with Crippen molar-refractivity contribution in [3.8, 4) is 5.69 Å². The summed E-state index contributed by atoms with van der Waals surface area (Å²) >= 11 is 13.3. The molecule has 11 heteroatoms. The molecular weight excluding hydrogens is 468 g/mol. The van der Waals surface area contributed by atoms with Crippen LogP contribution >= 0.6 is 35.0 Å². The van der Waals surface area contributed by atoms with Gasteiger partial charge in [-0.1, -0.05) is 41.4 Å². The molecule has 4 nitrogen and oxygen atoms in total. The SMILES string of the molecule is CSc1cn(-c2c(Cl)cc(C(F)(F)F)cc2Cl)c(N)c1S(=O)(=O)c1ccccc1. The summed E-state index contributed by atoms with van der Waals surface area (Å²) < 4.78 is 66.4. The molecule has 29 heavy (non-hydrogen) atoms. The van der Waals surface area contributed by atoms with Gasteiger partial charge in [-0.3, -0.25) is 4.57 Å². The molecule has 3 aromatic rings. The Hall–Kier alpha value is -1.81. The smallest absolute Gasteiger partial charge is 0.384 e. The number of alkyl halides is 3. The number of anilines is 1. The third kappa shape index (κ3) is 3.96. The average Bonchev–Trinajstić information content (AvgIpc) is 2.98. The lowest BCUT2D eigenvalue weighted by Gasteiger charge is -2.14. The number of benzene rings is 2. The summed E-state index contributed by atoms with van der Waals surface area (Å²) in [4.78, 5) is 0.172. The van der Waals surface area contributed by atoms with Gasteiger partial charge in [-0.2, -0.15) is 13.2 Å². The van der Waals surface area contributed by atoms with Crippen LogP contribution < -0.4 is 5.73 Å². The number of thioether (sulfide) groups is 1. The van der Waals surface area contributed by atoms with Gasteiger partial charge in [0.05, 0.1) is 26.2 Å². The van der Waals surface area contributed by atoms with Crippen molar-refractivity contribution in [1.29, 1.82) is 0 Å². The molecule has 0 atom stereocenters. The van der Waals surface area contributed by atoms with Gasteiger partial charge in [0.1, 0.15) is 10.7 Å². The van der Waals surface area contributed by atoms with Crippen LogP contribution in [0.5, 0.6) is 0 Å². The Morgan fingerprint density at radius 3 is 2.10 bits per heavy atom. The molecule has 0 bridgehead atoms. The highest BCUT2D eigenvalue weighted by molar-refractivity contribution is 7.99. The van der Waals surface area contributed by atoms with Crippen LogP contribution in [0, 0.1) is 0 Å². The molecule has 0 amide bonds. The fourth-order valence-corrected chi connectivity index (χ4v) is 5.95. The minimum atomic E-state index is -4.64. The molecule has 0 aliphatic rings. The van der Waals surface area contributed by atoms with E-state index in [1.165, 1.54) is 22.9 Å². The quantitative estimate of drug-likeness (QED) is 0.469. The molecule has 2 N–H and O–H groups in total. The molecule has 0 spiro atoms. The fraction of sp³-hybridized carbons (Fsp3) is 0.111. The van der Waals surface area contributed by atoms with E-state index in [9.17, 15) is 21.6 Å². The number of nitrogen functional groups attached to an aromatic ring is 1. The number of hydrogen-bond acceptors (Lipinski definition) is 4. The Morgan fingerprint density at radius 1 is 1.07 bits per heavy atom. The van der Waals surface area contributed by atoms with Gasteiger partial charge in [-0.05, 0) is 30.5 Å². The molecule has 0 saturated carbocycles. The van der Waals surface area contributed by atoms with E-state index < -0.39 is 21.6 Å². The van der Waals surface area contributed by atoms with E-state index >= 15 is 0 Å². The number of halogens is 5. The van der Waals surface area contributed by atoms with E-state index in [0.717, 1.165) is 11.8 Å². The highest BCUT2D eigenvalue weighted by Crippen LogP contribution is 2.42. The van der Waals surface area contributed by atoms with Gasteiger partial charge in [0.15, 0.2) is 0 Å². The van der Waals surface area contributed by atoms with Crippen LogP contribution in [-0.4, -0.2) is 19.2 Å². The van der Waals surface area contributed by atoms with E-state index in [-0.39, 0.29) is 31.3 Å². The first kappa shape index (κ1) is 21.9. The molecular formula is C18H13Cl2F3N2O2S2. The number of nitrogens with zero attached hydrogens (tertiary/aromatic N) is 1. The van der Waals surface area contributed by atoms with E-state index in [0.29, 0.717) is 17.0 Å². The van der Waals surface area contributed by atoms with Gasteiger partial charge in [0.2, 0.25) is 9.84 Å². The van der Waals surface area contributed by atoms with Crippen LogP contribution in [-0.2, 0) is 16.0 Å². The third-order valence-corrected chi connectivity index (χ3v) is 7.40. The lowest BCUT2D eigenvalue weighted by Crippen LogP contribution is -2.09. The summed E-state index contributed by atoms with van der Waals surface area (Å²) in [5.74, 6) is -0.207. The summed E-state index contributed by atoms with van der Waals surface area (Å²) in [6.45, 7) is 0. The van der Waals surface area contributed by atoms with Gasteiger partial charge < -0.3 is 5.73 Å². The molecule has 0 radical (unpaired) electrons. The predicted molar refractivity (Wildman–Crippen MR) is 109 cm³/mol. The highest BCUT2D eigenvalue weighted by Gasteiger charge is 2.33. The van der Waals surface area contributed by atoms with E-state index in [2.05, 4.69) is 0 Å². The molecule has 3 rings (SSSR count). The van der Waals surface area contributed by atoms with Gasteiger partial charge >= 0.3 is 6.18 Å². The lowest BCUT2D eigenvalue weighted by molar-refractivity contribution is -0.137. The number of hydrogen-bond donors (Lipinski definition) is 1. The Balaban J connectivity index is 2.25. The van der Waals surface area contributed by atoms with Crippen LogP contribution in [0.25, 0.3) is 5.69 Å². The van der Waals surface area contributed by atoms with Crippen molar-refractivity contribution in [2.45, 2.75) is 20.9 Å². The summed E-state index contributed by atoms with van der Waals surface area (Å²) in [6, 6.07) is 9.09. The third-order valence-electron chi connectivity index (χ3n) is 4.09. The summed E-state index contributed by atoms with van der Waals surface area (Å²) in [5, 5.41) is -0.634. The molecule has 1 heterocycles. The topological polar surface area (TPSA) is 65.1 Å². The first-order valence-electron chi connectivity index (χ1n) is 7.90. The second-order valence-electron chi connectivity index (χ2n) is 5.88. The first-order chi connectivity index (χ1) is 13.5. The van der Waals surface area contributed by atoms with Crippen molar-refractivity contribution in [2.75, 3.05) is 12.0 Å². The maximum atomic E-state index is 13.1. The summed E-state index contributed by atoms with van der Waals surface area (Å²) in [7, 11) is -3.99. The normalized spacial score (nSPS) is 12.3. The van der Waals surface area contributed by atoms with Crippen molar-refractivity contribution in [3.05, 3.63) is 64.3 Å². The Bertz CT molecular complexity index is 1150. The fourth-order valence-electron chi connectivity index (χ4n) is 2.76. The number of rotatable bonds is 4. The van der Waals surface area contributed by atoms with Gasteiger partial charge in [-0.15, -0.1) is 11.8 Å². The Kier molecular flexibility index (Phi) is 5.88.